The molecule has 1 aromatic heterocycles. The lowest BCUT2D eigenvalue weighted by Crippen LogP contribution is -2.14. The summed E-state index contributed by atoms with van der Waals surface area (Å²) in [4.78, 5) is 12.5. The van der Waals surface area contributed by atoms with E-state index in [0.29, 0.717) is 16.8 Å². The Balaban J connectivity index is 1.92. The lowest BCUT2D eigenvalue weighted by Gasteiger charge is -2.13. The SMILES string of the molecule is Cn1cc(C(=O)Nc2ccccc2-c2ccc(C(F)(F)F)cc2)c(C(F)F)c1. The predicted octanol–water partition coefficient (Wildman–Crippen LogP) is 5.90. The Morgan fingerprint density at radius 1 is 1.00 bits per heavy atom. The van der Waals surface area contributed by atoms with E-state index in [1.54, 1.807) is 24.3 Å². The van der Waals surface area contributed by atoms with E-state index < -0.39 is 29.6 Å². The van der Waals surface area contributed by atoms with Crippen LogP contribution in [0.1, 0.15) is 27.9 Å². The molecule has 0 radical (unpaired) electrons. The Kier molecular flexibility index (Phi) is 5.22. The van der Waals surface area contributed by atoms with Crippen LogP contribution in [0.2, 0.25) is 0 Å². The highest BCUT2D eigenvalue weighted by Crippen LogP contribution is 2.33. The predicted molar refractivity (Wildman–Crippen MR) is 95.2 cm³/mol. The first kappa shape index (κ1) is 19.6. The van der Waals surface area contributed by atoms with Crippen molar-refractivity contribution in [1.82, 2.24) is 4.57 Å². The van der Waals surface area contributed by atoms with Crippen molar-refractivity contribution in [2.24, 2.45) is 7.05 Å². The van der Waals surface area contributed by atoms with Crippen molar-refractivity contribution in [3.05, 3.63) is 77.6 Å². The van der Waals surface area contributed by atoms with Crippen LogP contribution in [0.4, 0.5) is 27.6 Å². The number of aryl methyl sites for hydroxylation is 1. The number of hydrogen-bond acceptors (Lipinski definition) is 1. The molecule has 0 aliphatic heterocycles. The third-order valence-electron chi connectivity index (χ3n) is 4.16. The smallest absolute Gasteiger partial charge is 0.356 e. The molecule has 8 heteroatoms. The molecule has 0 bridgehead atoms. The molecule has 0 atom stereocenters. The van der Waals surface area contributed by atoms with E-state index in [9.17, 15) is 26.7 Å². The van der Waals surface area contributed by atoms with Crippen LogP contribution >= 0.6 is 0 Å². The number of amides is 1. The topological polar surface area (TPSA) is 34.0 Å². The maximum absolute atomic E-state index is 13.1. The summed E-state index contributed by atoms with van der Waals surface area (Å²) >= 11 is 0. The fraction of sp³-hybridized carbons (Fsp3) is 0.150. The Labute approximate surface area is 157 Å². The molecule has 1 N–H and O–H groups in total. The molecule has 0 spiro atoms. The average Bonchev–Trinajstić information content (AvgIpc) is 3.04. The van der Waals surface area contributed by atoms with Gasteiger partial charge in [-0.05, 0) is 23.8 Å². The van der Waals surface area contributed by atoms with Gasteiger partial charge in [0.2, 0.25) is 0 Å². The number of para-hydroxylation sites is 1. The summed E-state index contributed by atoms with van der Waals surface area (Å²) in [7, 11) is 1.53. The van der Waals surface area contributed by atoms with Crippen molar-refractivity contribution in [2.75, 3.05) is 5.32 Å². The van der Waals surface area contributed by atoms with Gasteiger partial charge in [-0.25, -0.2) is 8.78 Å². The van der Waals surface area contributed by atoms with Crippen LogP contribution in [0.15, 0.2) is 60.9 Å². The van der Waals surface area contributed by atoms with Gasteiger partial charge in [-0.3, -0.25) is 4.79 Å². The zero-order chi connectivity index (χ0) is 20.5. The summed E-state index contributed by atoms with van der Waals surface area (Å²) < 4.78 is 65.9. The molecular formula is C20H15F5N2O. The lowest BCUT2D eigenvalue weighted by molar-refractivity contribution is -0.137. The number of carbonyl (C=O) groups is 1. The minimum Gasteiger partial charge on any atom is -0.356 e. The van der Waals surface area contributed by atoms with Crippen molar-refractivity contribution >= 4 is 11.6 Å². The van der Waals surface area contributed by atoms with Crippen LogP contribution < -0.4 is 5.32 Å². The number of rotatable bonds is 4. The van der Waals surface area contributed by atoms with Crippen molar-refractivity contribution in [3.63, 3.8) is 0 Å². The number of hydrogen-bond donors (Lipinski definition) is 1. The Morgan fingerprint density at radius 2 is 1.64 bits per heavy atom. The van der Waals surface area contributed by atoms with E-state index in [4.69, 9.17) is 0 Å². The van der Waals surface area contributed by atoms with E-state index >= 15 is 0 Å². The number of anilines is 1. The molecule has 0 saturated heterocycles. The molecule has 0 unspecified atom stereocenters. The second kappa shape index (κ2) is 7.46. The fourth-order valence-corrected chi connectivity index (χ4v) is 2.84. The van der Waals surface area contributed by atoms with E-state index in [2.05, 4.69) is 5.32 Å². The van der Waals surface area contributed by atoms with Gasteiger partial charge in [-0.1, -0.05) is 30.3 Å². The van der Waals surface area contributed by atoms with Crippen molar-refractivity contribution < 1.29 is 26.7 Å². The Morgan fingerprint density at radius 3 is 2.25 bits per heavy atom. The minimum absolute atomic E-state index is 0.167. The van der Waals surface area contributed by atoms with Gasteiger partial charge in [0.05, 0.1) is 11.1 Å². The molecule has 0 saturated carbocycles. The minimum atomic E-state index is -4.45. The maximum Gasteiger partial charge on any atom is 0.416 e. The lowest BCUT2D eigenvalue weighted by atomic mass is 10.0. The summed E-state index contributed by atoms with van der Waals surface area (Å²) in [5, 5.41) is 2.57. The van der Waals surface area contributed by atoms with Crippen LogP contribution in [0.3, 0.4) is 0 Å². The van der Waals surface area contributed by atoms with Gasteiger partial charge < -0.3 is 9.88 Å². The summed E-state index contributed by atoms with van der Waals surface area (Å²) in [6, 6.07) is 10.9. The van der Waals surface area contributed by atoms with E-state index in [-0.39, 0.29) is 5.56 Å². The number of alkyl halides is 5. The highest BCUT2D eigenvalue weighted by Gasteiger charge is 2.30. The molecule has 3 rings (SSSR count). The molecule has 28 heavy (non-hydrogen) atoms. The summed E-state index contributed by atoms with van der Waals surface area (Å²) in [6.07, 6.45) is -4.81. The van der Waals surface area contributed by atoms with Gasteiger partial charge in [0, 0.05) is 36.3 Å². The summed E-state index contributed by atoms with van der Waals surface area (Å²) in [5.74, 6) is -0.727. The van der Waals surface area contributed by atoms with Crippen LogP contribution in [0.25, 0.3) is 11.1 Å². The van der Waals surface area contributed by atoms with E-state index in [1.165, 1.54) is 36.1 Å². The summed E-state index contributed by atoms with van der Waals surface area (Å²) in [5.41, 5.74) is -0.128. The molecule has 0 fully saturated rings. The van der Waals surface area contributed by atoms with E-state index in [0.717, 1.165) is 12.1 Å². The third-order valence-corrected chi connectivity index (χ3v) is 4.16. The van der Waals surface area contributed by atoms with Gasteiger partial charge in [0.25, 0.3) is 12.3 Å². The van der Waals surface area contributed by atoms with Crippen molar-refractivity contribution in [1.29, 1.82) is 0 Å². The Hall–Kier alpha value is -3.16. The molecule has 146 valence electrons. The highest BCUT2D eigenvalue weighted by atomic mass is 19.4. The van der Waals surface area contributed by atoms with Gasteiger partial charge >= 0.3 is 6.18 Å². The van der Waals surface area contributed by atoms with Gasteiger partial charge in [0.1, 0.15) is 0 Å². The first-order chi connectivity index (χ1) is 13.2. The monoisotopic (exact) mass is 394 g/mol. The Bertz CT molecular complexity index is 991. The number of nitrogens with zero attached hydrogens (tertiary/aromatic N) is 1. The maximum atomic E-state index is 13.1. The molecule has 1 heterocycles. The normalized spacial score (nSPS) is 11.7. The van der Waals surface area contributed by atoms with Crippen molar-refractivity contribution in [2.45, 2.75) is 12.6 Å². The zero-order valence-corrected chi connectivity index (χ0v) is 14.6. The molecule has 3 nitrogen and oxygen atoms in total. The van der Waals surface area contributed by atoms with E-state index in [1.807, 2.05) is 0 Å². The van der Waals surface area contributed by atoms with Gasteiger partial charge in [0.15, 0.2) is 0 Å². The first-order valence-electron chi connectivity index (χ1n) is 8.19. The molecule has 3 aromatic rings. The second-order valence-electron chi connectivity index (χ2n) is 6.17. The fourth-order valence-electron chi connectivity index (χ4n) is 2.84. The number of halogens is 5. The first-order valence-corrected chi connectivity index (χ1v) is 8.19. The van der Waals surface area contributed by atoms with Crippen LogP contribution in [-0.4, -0.2) is 10.5 Å². The second-order valence-corrected chi connectivity index (χ2v) is 6.17. The molecule has 0 aliphatic carbocycles. The quantitative estimate of drug-likeness (QED) is 0.549. The van der Waals surface area contributed by atoms with Gasteiger partial charge in [-0.15, -0.1) is 0 Å². The third kappa shape index (κ3) is 4.05. The summed E-state index contributed by atoms with van der Waals surface area (Å²) in [6.45, 7) is 0. The van der Waals surface area contributed by atoms with Crippen molar-refractivity contribution in [3.8, 4) is 11.1 Å². The number of carbonyl (C=O) groups excluding carboxylic acids is 1. The van der Waals surface area contributed by atoms with Gasteiger partial charge in [-0.2, -0.15) is 13.2 Å². The number of nitrogens with one attached hydrogen (secondary N) is 1. The highest BCUT2D eigenvalue weighted by molar-refractivity contribution is 6.07. The molecule has 1 amide bonds. The standard InChI is InChI=1S/C20H15F5N2O/c1-27-10-15(18(21)22)16(11-27)19(28)26-17-5-3-2-4-14(17)12-6-8-13(9-7-12)20(23,24)25/h2-11,18H,1H3,(H,26,28). The average molecular weight is 394 g/mol. The molecular weight excluding hydrogens is 379 g/mol. The number of aromatic nitrogens is 1. The molecule has 0 aliphatic rings. The zero-order valence-electron chi connectivity index (χ0n) is 14.6. The number of benzene rings is 2. The van der Waals surface area contributed by atoms with Crippen LogP contribution in [-0.2, 0) is 13.2 Å². The van der Waals surface area contributed by atoms with Crippen LogP contribution in [0, 0.1) is 0 Å². The molecule has 2 aromatic carbocycles. The largest absolute Gasteiger partial charge is 0.416 e. The van der Waals surface area contributed by atoms with Crippen LogP contribution in [0.5, 0.6) is 0 Å².